The monoisotopic (exact) mass is 267 g/mol. The molecule has 0 spiro atoms. The van der Waals surface area contributed by atoms with Crippen LogP contribution in [0, 0.1) is 0 Å². The van der Waals surface area contributed by atoms with E-state index in [1.807, 2.05) is 24.3 Å². The molecule has 0 unspecified atom stereocenters. The van der Waals surface area contributed by atoms with Gasteiger partial charge >= 0.3 is 6.03 Å². The second-order valence-electron chi connectivity index (χ2n) is 3.12. The van der Waals surface area contributed by atoms with Crippen molar-refractivity contribution >= 4 is 28.2 Å². The molecule has 0 aromatic heterocycles. The summed E-state index contributed by atoms with van der Waals surface area (Å²) in [5.74, 6) is 0. The van der Waals surface area contributed by atoms with Crippen LogP contribution in [0.5, 0.6) is 0 Å². The van der Waals surface area contributed by atoms with Crippen molar-refractivity contribution in [2.45, 2.75) is 0 Å². The van der Waals surface area contributed by atoms with Gasteiger partial charge in [-0.3, -0.25) is 0 Å². The van der Waals surface area contributed by atoms with Gasteiger partial charge in [-0.05, 0) is 6.07 Å². The number of amides is 2. The zero-order valence-corrected chi connectivity index (χ0v) is 9.57. The van der Waals surface area contributed by atoms with E-state index in [1.165, 1.54) is 5.01 Å². The highest BCUT2D eigenvalue weighted by Crippen LogP contribution is 2.13. The smallest absolute Gasteiger partial charge is 0.335 e. The van der Waals surface area contributed by atoms with Crippen molar-refractivity contribution in [1.82, 2.24) is 10.3 Å². The van der Waals surface area contributed by atoms with Gasteiger partial charge in [-0.15, -0.1) is 0 Å². The Bertz CT molecular complexity index is 405. The van der Waals surface area contributed by atoms with Gasteiger partial charge in [0.05, 0.1) is 12.8 Å². The summed E-state index contributed by atoms with van der Waals surface area (Å²) in [5.41, 5.74) is 0.956. The third kappa shape index (κ3) is 2.36. The van der Waals surface area contributed by atoms with E-state index in [9.17, 15) is 4.79 Å². The lowest BCUT2D eigenvalue weighted by atomic mass is 10.2. The van der Waals surface area contributed by atoms with E-state index < -0.39 is 0 Å². The number of hydrogen-bond acceptors (Lipinski definition) is 2. The van der Waals surface area contributed by atoms with Crippen LogP contribution in [0.15, 0.2) is 33.8 Å². The SMILES string of the molecule is O=C1NCCN1/N=C/c1ccccc1Br. The Morgan fingerprint density at radius 3 is 2.93 bits per heavy atom. The summed E-state index contributed by atoms with van der Waals surface area (Å²) >= 11 is 3.41. The average Bonchev–Trinajstić information content (AvgIpc) is 2.63. The summed E-state index contributed by atoms with van der Waals surface area (Å²) in [4.78, 5) is 11.2. The largest absolute Gasteiger partial charge is 0.337 e. The van der Waals surface area contributed by atoms with Gasteiger partial charge in [0.2, 0.25) is 0 Å². The second-order valence-corrected chi connectivity index (χ2v) is 3.98. The Hall–Kier alpha value is -1.36. The number of hydrazone groups is 1. The van der Waals surface area contributed by atoms with Gasteiger partial charge in [-0.25, -0.2) is 9.80 Å². The molecule has 0 atom stereocenters. The Morgan fingerprint density at radius 1 is 1.47 bits per heavy atom. The van der Waals surface area contributed by atoms with Crippen LogP contribution in [0.1, 0.15) is 5.56 Å². The first-order chi connectivity index (χ1) is 7.27. The maximum atomic E-state index is 11.2. The van der Waals surface area contributed by atoms with Crippen molar-refractivity contribution in [3.05, 3.63) is 34.3 Å². The van der Waals surface area contributed by atoms with E-state index in [2.05, 4.69) is 26.3 Å². The fraction of sp³-hybridized carbons (Fsp3) is 0.200. The lowest BCUT2D eigenvalue weighted by molar-refractivity contribution is 0.219. The number of urea groups is 1. The molecule has 2 rings (SSSR count). The highest BCUT2D eigenvalue weighted by molar-refractivity contribution is 9.10. The lowest BCUT2D eigenvalue weighted by Crippen LogP contribution is -2.23. The molecule has 1 aliphatic rings. The minimum atomic E-state index is -0.140. The molecular weight excluding hydrogens is 258 g/mol. The normalized spacial score (nSPS) is 16.1. The van der Waals surface area contributed by atoms with Crippen LogP contribution < -0.4 is 5.32 Å². The number of nitrogens with one attached hydrogen (secondary N) is 1. The van der Waals surface area contributed by atoms with Gasteiger partial charge in [-0.2, -0.15) is 5.10 Å². The molecular formula is C10H10BrN3O. The predicted octanol–water partition coefficient (Wildman–Crippen LogP) is 1.81. The van der Waals surface area contributed by atoms with Crippen LogP contribution >= 0.6 is 15.9 Å². The molecule has 0 aliphatic carbocycles. The van der Waals surface area contributed by atoms with Crippen molar-refractivity contribution in [1.29, 1.82) is 0 Å². The summed E-state index contributed by atoms with van der Waals surface area (Å²) in [5, 5.41) is 8.20. The second kappa shape index (κ2) is 4.44. The van der Waals surface area contributed by atoms with Crippen LogP contribution in [0.3, 0.4) is 0 Å². The van der Waals surface area contributed by atoms with Gasteiger partial charge in [0, 0.05) is 16.6 Å². The highest BCUT2D eigenvalue weighted by atomic mass is 79.9. The van der Waals surface area contributed by atoms with E-state index >= 15 is 0 Å². The van der Waals surface area contributed by atoms with Crippen molar-refractivity contribution in [2.75, 3.05) is 13.1 Å². The van der Waals surface area contributed by atoms with E-state index in [4.69, 9.17) is 0 Å². The Kier molecular flexibility index (Phi) is 3.01. The first kappa shape index (κ1) is 10.2. The molecule has 0 radical (unpaired) electrons. The minimum Gasteiger partial charge on any atom is -0.335 e. The standard InChI is InChI=1S/C10H10BrN3O/c11-9-4-2-1-3-8(9)7-13-14-6-5-12-10(14)15/h1-4,7H,5-6H2,(H,12,15)/b13-7+. The highest BCUT2D eigenvalue weighted by Gasteiger charge is 2.17. The molecule has 2 amide bonds. The molecule has 0 bridgehead atoms. The minimum absolute atomic E-state index is 0.140. The molecule has 1 fully saturated rings. The van der Waals surface area contributed by atoms with E-state index in [0.717, 1.165) is 10.0 Å². The van der Waals surface area contributed by atoms with Gasteiger partial charge in [0.25, 0.3) is 0 Å². The maximum absolute atomic E-state index is 11.2. The van der Waals surface area contributed by atoms with Crippen LogP contribution in [0.25, 0.3) is 0 Å². The zero-order chi connectivity index (χ0) is 10.7. The van der Waals surface area contributed by atoms with E-state index in [-0.39, 0.29) is 6.03 Å². The summed E-state index contributed by atoms with van der Waals surface area (Å²) in [7, 11) is 0. The fourth-order valence-electron chi connectivity index (χ4n) is 1.28. The number of rotatable bonds is 2. The van der Waals surface area contributed by atoms with Crippen LogP contribution in [0.2, 0.25) is 0 Å². The summed E-state index contributed by atoms with van der Waals surface area (Å²) in [6.45, 7) is 1.28. The molecule has 1 heterocycles. The molecule has 78 valence electrons. The predicted molar refractivity (Wildman–Crippen MR) is 61.8 cm³/mol. The average molecular weight is 268 g/mol. The van der Waals surface area contributed by atoms with Gasteiger partial charge in [-0.1, -0.05) is 34.1 Å². The third-order valence-electron chi connectivity index (χ3n) is 2.08. The molecule has 15 heavy (non-hydrogen) atoms. The first-order valence-corrected chi connectivity index (χ1v) is 5.40. The van der Waals surface area contributed by atoms with Gasteiger partial charge in [0.15, 0.2) is 0 Å². The quantitative estimate of drug-likeness (QED) is 0.817. The number of hydrogen-bond donors (Lipinski definition) is 1. The molecule has 4 nitrogen and oxygen atoms in total. The van der Waals surface area contributed by atoms with Crippen molar-refractivity contribution < 1.29 is 4.79 Å². The van der Waals surface area contributed by atoms with Crippen molar-refractivity contribution in [2.24, 2.45) is 5.10 Å². The lowest BCUT2D eigenvalue weighted by Gasteiger charge is -2.05. The summed E-state index contributed by atoms with van der Waals surface area (Å²) in [6, 6.07) is 7.59. The Labute approximate surface area is 96.1 Å². The zero-order valence-electron chi connectivity index (χ0n) is 7.98. The maximum Gasteiger partial charge on any atom is 0.337 e. The molecule has 5 heteroatoms. The molecule has 1 aromatic rings. The van der Waals surface area contributed by atoms with Crippen LogP contribution in [-0.4, -0.2) is 30.3 Å². The van der Waals surface area contributed by atoms with Crippen LogP contribution in [-0.2, 0) is 0 Å². The first-order valence-electron chi connectivity index (χ1n) is 4.61. The fourth-order valence-corrected chi connectivity index (χ4v) is 1.67. The van der Waals surface area contributed by atoms with Gasteiger partial charge < -0.3 is 5.32 Å². The molecule has 1 N–H and O–H groups in total. The molecule has 1 aromatic carbocycles. The topological polar surface area (TPSA) is 44.7 Å². The van der Waals surface area contributed by atoms with Crippen LogP contribution in [0.4, 0.5) is 4.79 Å². The Balaban J connectivity index is 2.11. The molecule has 0 saturated carbocycles. The van der Waals surface area contributed by atoms with E-state index in [1.54, 1.807) is 6.21 Å². The van der Waals surface area contributed by atoms with E-state index in [0.29, 0.717) is 13.1 Å². The summed E-state index contributed by atoms with van der Waals surface area (Å²) < 4.78 is 0.966. The number of benzene rings is 1. The Morgan fingerprint density at radius 2 is 2.27 bits per heavy atom. The van der Waals surface area contributed by atoms with Crippen molar-refractivity contribution in [3.63, 3.8) is 0 Å². The number of halogens is 1. The van der Waals surface area contributed by atoms with Gasteiger partial charge in [0.1, 0.15) is 0 Å². The summed E-state index contributed by atoms with van der Waals surface area (Å²) in [6.07, 6.45) is 1.68. The molecule has 1 saturated heterocycles. The number of carbonyl (C=O) groups is 1. The number of nitrogens with zero attached hydrogens (tertiary/aromatic N) is 2. The number of carbonyl (C=O) groups excluding carboxylic acids is 1. The third-order valence-corrected chi connectivity index (χ3v) is 2.80. The van der Waals surface area contributed by atoms with Crippen molar-refractivity contribution in [3.8, 4) is 0 Å². The molecule has 1 aliphatic heterocycles.